The second-order valence-electron chi connectivity index (χ2n) is 16.9. The van der Waals surface area contributed by atoms with Gasteiger partial charge >= 0.3 is 11.9 Å². The molecule has 0 saturated carbocycles. The number of phenols is 1. The molecule has 6 aromatic rings. The van der Waals surface area contributed by atoms with E-state index in [9.17, 15) is 29.1 Å². The van der Waals surface area contributed by atoms with Gasteiger partial charge in [-0.05, 0) is 119 Å². The van der Waals surface area contributed by atoms with Crippen molar-refractivity contribution in [2.24, 2.45) is 0 Å². The first-order valence-corrected chi connectivity index (χ1v) is 21.8. The summed E-state index contributed by atoms with van der Waals surface area (Å²) < 4.78 is 11.1. The molecule has 6 aromatic carbocycles. The molecular weight excluding hydrogens is 789 g/mol. The van der Waals surface area contributed by atoms with Gasteiger partial charge in [-0.15, -0.1) is 0 Å². The van der Waals surface area contributed by atoms with Gasteiger partial charge in [0.05, 0.1) is 0 Å². The molecule has 7 rings (SSSR count). The molecule has 8 heteroatoms. The van der Waals surface area contributed by atoms with E-state index in [1.54, 1.807) is 30.3 Å². The molecule has 1 aliphatic rings. The fourth-order valence-corrected chi connectivity index (χ4v) is 8.93. The lowest BCUT2D eigenvalue weighted by Crippen LogP contribution is -2.26. The highest BCUT2D eigenvalue weighted by molar-refractivity contribution is 6.41. The fraction of sp³-hybridized carbons (Fsp3) is 0.255. The third kappa shape index (κ3) is 8.89. The Hall–Kier alpha value is -6.93. The fourth-order valence-electron chi connectivity index (χ4n) is 8.93. The second-order valence-corrected chi connectivity index (χ2v) is 16.9. The van der Waals surface area contributed by atoms with Crippen molar-refractivity contribution in [2.45, 2.75) is 90.4 Å². The maximum Gasteiger partial charge on any atom is 0.385 e. The highest BCUT2D eigenvalue weighted by atomic mass is 16.5. The van der Waals surface area contributed by atoms with E-state index in [1.807, 2.05) is 106 Å². The van der Waals surface area contributed by atoms with Crippen LogP contribution in [0.1, 0.15) is 138 Å². The largest absolute Gasteiger partial charge is 0.508 e. The van der Waals surface area contributed by atoms with Crippen molar-refractivity contribution < 1.29 is 38.6 Å². The molecule has 0 unspecified atom stereocenters. The zero-order chi connectivity index (χ0) is 44.9. The van der Waals surface area contributed by atoms with Gasteiger partial charge in [-0.25, -0.2) is 9.59 Å². The summed E-state index contributed by atoms with van der Waals surface area (Å²) >= 11 is 0. The summed E-state index contributed by atoms with van der Waals surface area (Å²) in [7, 11) is 0. The van der Waals surface area contributed by atoms with Gasteiger partial charge < -0.3 is 14.6 Å². The molecule has 0 spiro atoms. The molecular formula is C55H52O8. The minimum absolute atomic E-state index is 0.0420. The molecule has 0 heterocycles. The molecule has 8 nitrogen and oxygen atoms in total. The minimum atomic E-state index is -1.02. The minimum Gasteiger partial charge on any atom is -0.508 e. The number of rotatable bonds is 17. The van der Waals surface area contributed by atoms with Crippen LogP contribution in [0.4, 0.5) is 0 Å². The van der Waals surface area contributed by atoms with Crippen molar-refractivity contribution in [2.75, 3.05) is 0 Å². The Kier molecular flexibility index (Phi) is 13.0. The number of Topliss-reactive ketones (excluding diaryl/α,β-unsaturated/α-hetero) is 2. The Labute approximate surface area is 368 Å². The number of fused-ring (bicyclic) bond motifs is 3. The van der Waals surface area contributed by atoms with Crippen molar-refractivity contribution in [3.05, 3.63) is 184 Å². The van der Waals surface area contributed by atoms with Crippen molar-refractivity contribution in [1.29, 1.82) is 0 Å². The van der Waals surface area contributed by atoms with E-state index >= 15 is 0 Å². The smallest absolute Gasteiger partial charge is 0.385 e. The van der Waals surface area contributed by atoms with Crippen LogP contribution < -0.4 is 9.47 Å². The normalized spacial score (nSPS) is 12.5. The van der Waals surface area contributed by atoms with Crippen LogP contribution in [0.2, 0.25) is 0 Å². The summed E-state index contributed by atoms with van der Waals surface area (Å²) in [6.07, 6.45) is 5.76. The van der Waals surface area contributed by atoms with E-state index < -0.39 is 34.3 Å². The van der Waals surface area contributed by atoms with Crippen LogP contribution in [-0.4, -0.2) is 34.4 Å². The summed E-state index contributed by atoms with van der Waals surface area (Å²) in [6, 6.07) is 38.8. The van der Waals surface area contributed by atoms with E-state index in [0.717, 1.165) is 71.9 Å². The van der Waals surface area contributed by atoms with E-state index in [-0.39, 0.29) is 34.2 Å². The Balaban J connectivity index is 1.03. The number of ether oxygens (including phenoxy) is 2. The number of esters is 2. The van der Waals surface area contributed by atoms with Crippen molar-refractivity contribution in [1.82, 2.24) is 0 Å². The number of hydrogen-bond acceptors (Lipinski definition) is 8. The number of ketones is 3. The lowest BCUT2D eigenvalue weighted by molar-refractivity contribution is -0.130. The summed E-state index contributed by atoms with van der Waals surface area (Å²) in [5, 5.41) is 10.2. The Morgan fingerprint density at radius 3 is 1.52 bits per heavy atom. The van der Waals surface area contributed by atoms with Gasteiger partial charge in [-0.3, -0.25) is 14.4 Å². The van der Waals surface area contributed by atoms with Crippen molar-refractivity contribution >= 4 is 29.3 Å². The number of phenolic OH excluding ortho intramolecular Hbond substituents is 1. The van der Waals surface area contributed by atoms with Crippen LogP contribution in [0.25, 0.3) is 11.1 Å². The van der Waals surface area contributed by atoms with Gasteiger partial charge in [0, 0.05) is 33.1 Å². The number of aromatic hydroxyl groups is 1. The number of carbonyl (C=O) groups is 5. The van der Waals surface area contributed by atoms with Crippen molar-refractivity contribution in [3.63, 3.8) is 0 Å². The van der Waals surface area contributed by atoms with Gasteiger partial charge in [0.1, 0.15) is 17.2 Å². The molecule has 0 saturated heterocycles. The van der Waals surface area contributed by atoms with E-state index in [2.05, 4.69) is 13.8 Å². The van der Waals surface area contributed by atoms with Crippen LogP contribution >= 0.6 is 0 Å². The van der Waals surface area contributed by atoms with Gasteiger partial charge in [0.2, 0.25) is 0 Å². The van der Waals surface area contributed by atoms with E-state index in [4.69, 9.17) is 9.47 Å². The van der Waals surface area contributed by atoms with Gasteiger partial charge in [0.25, 0.3) is 11.6 Å². The first-order chi connectivity index (χ1) is 30.3. The summed E-state index contributed by atoms with van der Waals surface area (Å²) in [5.41, 5.74) is 7.20. The number of carbonyl (C=O) groups excluding carboxylic acids is 5. The summed E-state index contributed by atoms with van der Waals surface area (Å²) in [5.74, 6) is -3.08. The van der Waals surface area contributed by atoms with Gasteiger partial charge in [-0.2, -0.15) is 0 Å². The topological polar surface area (TPSA) is 124 Å². The highest BCUT2D eigenvalue weighted by Crippen LogP contribution is 2.54. The Bertz CT molecular complexity index is 2690. The average molecular weight is 841 g/mol. The Morgan fingerprint density at radius 1 is 0.540 bits per heavy atom. The first kappa shape index (κ1) is 44.1. The molecule has 1 N–H and O–H groups in total. The van der Waals surface area contributed by atoms with Crippen LogP contribution in [0.3, 0.4) is 0 Å². The molecule has 63 heavy (non-hydrogen) atoms. The van der Waals surface area contributed by atoms with E-state index in [0.29, 0.717) is 23.1 Å². The van der Waals surface area contributed by atoms with Crippen LogP contribution in [-0.2, 0) is 26.8 Å². The molecule has 0 fully saturated rings. The predicted octanol–water partition coefficient (Wildman–Crippen LogP) is 11.7. The van der Waals surface area contributed by atoms with Crippen molar-refractivity contribution in [3.8, 4) is 28.4 Å². The molecule has 0 bridgehead atoms. The molecule has 0 aliphatic heterocycles. The maximum absolute atomic E-state index is 13.7. The number of hydrogen-bond donors (Lipinski definition) is 1. The van der Waals surface area contributed by atoms with Gasteiger partial charge in [0.15, 0.2) is 5.78 Å². The summed E-state index contributed by atoms with van der Waals surface area (Å²) in [4.78, 5) is 66.4. The zero-order valence-corrected chi connectivity index (χ0v) is 36.5. The molecule has 0 atom stereocenters. The predicted molar refractivity (Wildman–Crippen MR) is 244 cm³/mol. The molecule has 0 aromatic heterocycles. The van der Waals surface area contributed by atoms with Crippen LogP contribution in [0.5, 0.6) is 17.2 Å². The number of unbranched alkanes of at least 4 members (excludes halogenated alkanes) is 1. The monoisotopic (exact) mass is 840 g/mol. The average Bonchev–Trinajstić information content (AvgIpc) is 3.56. The molecule has 1 aliphatic carbocycles. The lowest BCUT2D eigenvalue weighted by atomic mass is 9.71. The highest BCUT2D eigenvalue weighted by Gasteiger charge is 2.43. The standard InChI is InChI=1S/C55H52O8/c1-6-9-13-36-32-37(18-29-48(36)56)50(58)52(60)62-42-23-19-40(20-24-42)54(4,5)41-21-25-43(26-22-41)63-53(61)51(59)39-17-28-45-44-27-16-38(49(57)35-14-11-10-12-15-35)33-46(44)55(30-7-2,31-8-3)47(45)34-39/h10-12,14-29,32-34,56H,6-9,13,30-31H2,1-5H3. The zero-order valence-electron chi connectivity index (χ0n) is 36.5. The van der Waals surface area contributed by atoms with Crippen LogP contribution in [0.15, 0.2) is 133 Å². The molecule has 0 amide bonds. The maximum atomic E-state index is 13.7. The number of aryl methyl sites for hydroxylation is 1. The number of benzene rings is 6. The lowest BCUT2D eigenvalue weighted by Gasteiger charge is -2.32. The molecule has 0 radical (unpaired) electrons. The van der Waals surface area contributed by atoms with Crippen LogP contribution in [0, 0.1) is 0 Å². The third-order valence-corrected chi connectivity index (χ3v) is 12.4. The molecule has 320 valence electrons. The summed E-state index contributed by atoms with van der Waals surface area (Å²) in [6.45, 7) is 10.3. The Morgan fingerprint density at radius 2 is 1.02 bits per heavy atom. The second kappa shape index (κ2) is 18.6. The van der Waals surface area contributed by atoms with Gasteiger partial charge in [-0.1, -0.05) is 133 Å². The third-order valence-electron chi connectivity index (χ3n) is 12.4. The first-order valence-electron chi connectivity index (χ1n) is 21.8. The van der Waals surface area contributed by atoms with E-state index in [1.165, 1.54) is 18.2 Å². The quantitative estimate of drug-likeness (QED) is 0.0417. The SMILES string of the molecule is CCCCc1cc(C(=O)C(=O)Oc2ccc(C(C)(C)c3ccc(OC(=O)C(=O)c4ccc5c(c4)C(CCC)(CCC)c4cc(C(=O)c6ccccc6)ccc4-5)cc3)cc2)ccc1O.